The van der Waals surface area contributed by atoms with Crippen molar-refractivity contribution in [2.45, 2.75) is 56.6 Å². The SMILES string of the molecule is C=CCOC(=O)N1C[C@@H]2C[C@@H](N[C@H]3CCOC[C@H]3OC)C[C@]2(C(=O)N2CCc3ncc(C(F)(F)F)cc3C2)C1. The zero-order valence-electron chi connectivity index (χ0n) is 22.0. The monoisotopic (exact) mass is 552 g/mol. The molecule has 5 atom stereocenters. The van der Waals surface area contributed by atoms with E-state index in [1.165, 1.54) is 6.08 Å². The number of alkyl halides is 3. The van der Waals surface area contributed by atoms with Gasteiger partial charge in [-0.1, -0.05) is 12.7 Å². The highest BCUT2D eigenvalue weighted by molar-refractivity contribution is 5.86. The Bertz CT molecular complexity index is 1100. The second-order valence-electron chi connectivity index (χ2n) is 11.0. The van der Waals surface area contributed by atoms with Crippen LogP contribution in [0.15, 0.2) is 24.9 Å². The van der Waals surface area contributed by atoms with Gasteiger partial charge >= 0.3 is 12.3 Å². The molecule has 4 heterocycles. The van der Waals surface area contributed by atoms with E-state index in [0.29, 0.717) is 56.8 Å². The van der Waals surface area contributed by atoms with Gasteiger partial charge in [0.15, 0.2) is 0 Å². The van der Waals surface area contributed by atoms with E-state index in [2.05, 4.69) is 16.9 Å². The van der Waals surface area contributed by atoms with Crippen molar-refractivity contribution in [1.82, 2.24) is 20.1 Å². The summed E-state index contributed by atoms with van der Waals surface area (Å²) in [6, 6.07) is 1.21. The van der Waals surface area contributed by atoms with Gasteiger partial charge in [0.2, 0.25) is 5.91 Å². The summed E-state index contributed by atoms with van der Waals surface area (Å²) in [7, 11) is 1.66. The summed E-state index contributed by atoms with van der Waals surface area (Å²) in [5, 5.41) is 3.69. The molecule has 3 fully saturated rings. The number of methoxy groups -OCH3 is 1. The van der Waals surface area contributed by atoms with Crippen LogP contribution in [0.3, 0.4) is 0 Å². The summed E-state index contributed by atoms with van der Waals surface area (Å²) in [6.07, 6.45) is -0.380. The number of nitrogens with zero attached hydrogens (tertiary/aromatic N) is 3. The predicted molar refractivity (Wildman–Crippen MR) is 134 cm³/mol. The Morgan fingerprint density at radius 2 is 2.18 bits per heavy atom. The first-order chi connectivity index (χ1) is 18.6. The number of halogens is 3. The van der Waals surface area contributed by atoms with Crippen LogP contribution in [0.4, 0.5) is 18.0 Å². The van der Waals surface area contributed by atoms with Gasteiger partial charge in [0.25, 0.3) is 0 Å². The molecule has 9 nitrogen and oxygen atoms in total. The predicted octanol–water partition coefficient (Wildman–Crippen LogP) is 2.78. The molecule has 2 amide bonds. The van der Waals surface area contributed by atoms with Gasteiger partial charge in [-0.2, -0.15) is 13.2 Å². The van der Waals surface area contributed by atoms with Crippen molar-refractivity contribution in [2.75, 3.05) is 46.6 Å². The van der Waals surface area contributed by atoms with Crippen molar-refractivity contribution in [3.63, 3.8) is 0 Å². The van der Waals surface area contributed by atoms with E-state index in [1.54, 1.807) is 16.9 Å². The summed E-state index contributed by atoms with van der Waals surface area (Å²) in [5.74, 6) is -0.241. The standard InChI is InChI=1S/C27H35F3N4O5/c1-3-7-39-25(36)34-14-19-10-20(32-22-5-8-38-15-23(22)37-2)11-26(19,16-34)24(35)33-6-4-21-17(13-33)9-18(12-31-21)27(28,29)30/h3,9,12,19-20,22-23,32H,1,4-8,10-11,13-16H2,2H3/t19-,20+,22-,23+,26-/m0/s1. The van der Waals surface area contributed by atoms with Gasteiger partial charge in [-0.25, -0.2) is 4.79 Å². The minimum Gasteiger partial charge on any atom is -0.445 e. The number of pyridine rings is 1. The van der Waals surface area contributed by atoms with Gasteiger partial charge in [-0.3, -0.25) is 9.78 Å². The maximum absolute atomic E-state index is 14.3. The van der Waals surface area contributed by atoms with Crippen LogP contribution in [0.5, 0.6) is 0 Å². The van der Waals surface area contributed by atoms with E-state index < -0.39 is 23.2 Å². The van der Waals surface area contributed by atoms with E-state index in [0.717, 1.165) is 18.7 Å². The number of likely N-dealkylation sites (tertiary alicyclic amines) is 1. The van der Waals surface area contributed by atoms with Crippen molar-refractivity contribution in [3.05, 3.63) is 41.7 Å². The Morgan fingerprint density at radius 1 is 1.36 bits per heavy atom. The maximum atomic E-state index is 14.3. The normalized spacial score (nSPS) is 30.6. The van der Waals surface area contributed by atoms with Gasteiger partial charge in [0, 0.05) is 70.3 Å². The first-order valence-electron chi connectivity index (χ1n) is 13.4. The molecular weight excluding hydrogens is 517 g/mol. The lowest BCUT2D eigenvalue weighted by molar-refractivity contribution is -0.143. The Kier molecular flexibility index (Phi) is 7.89. The number of fused-ring (bicyclic) bond motifs is 2. The Morgan fingerprint density at radius 3 is 2.92 bits per heavy atom. The number of aromatic nitrogens is 1. The smallest absolute Gasteiger partial charge is 0.417 e. The molecule has 214 valence electrons. The summed E-state index contributed by atoms with van der Waals surface area (Å²) >= 11 is 0. The lowest BCUT2D eigenvalue weighted by Crippen LogP contribution is -2.52. The highest BCUT2D eigenvalue weighted by atomic mass is 19.4. The van der Waals surface area contributed by atoms with Crippen molar-refractivity contribution >= 4 is 12.0 Å². The first-order valence-corrected chi connectivity index (χ1v) is 13.4. The molecule has 3 aliphatic heterocycles. The maximum Gasteiger partial charge on any atom is 0.417 e. The Balaban J connectivity index is 1.37. The molecule has 1 saturated carbocycles. The third-order valence-corrected chi connectivity index (χ3v) is 8.59. The van der Waals surface area contributed by atoms with E-state index in [4.69, 9.17) is 14.2 Å². The van der Waals surface area contributed by atoms with Gasteiger partial charge in [-0.15, -0.1) is 0 Å². The van der Waals surface area contributed by atoms with Crippen LogP contribution in [-0.2, 0) is 38.1 Å². The van der Waals surface area contributed by atoms with Gasteiger partial charge in [0.1, 0.15) is 6.61 Å². The second kappa shape index (κ2) is 11.1. The molecule has 0 unspecified atom stereocenters. The van der Waals surface area contributed by atoms with Crippen LogP contribution in [0, 0.1) is 11.3 Å². The summed E-state index contributed by atoms with van der Waals surface area (Å²) in [6.45, 7) is 5.79. The minimum absolute atomic E-state index is 0.0293. The Labute approximate surface area is 225 Å². The summed E-state index contributed by atoms with van der Waals surface area (Å²) in [5.41, 5.74) is -0.683. The third kappa shape index (κ3) is 5.51. The second-order valence-corrected chi connectivity index (χ2v) is 11.0. The fraction of sp³-hybridized carbons (Fsp3) is 0.667. The van der Waals surface area contributed by atoms with Crippen molar-refractivity contribution in [2.24, 2.45) is 11.3 Å². The van der Waals surface area contributed by atoms with Crippen LogP contribution in [0.1, 0.15) is 36.1 Å². The average Bonchev–Trinajstić information content (AvgIpc) is 3.45. The fourth-order valence-corrected chi connectivity index (χ4v) is 6.70. The highest BCUT2D eigenvalue weighted by Crippen LogP contribution is 2.51. The zero-order valence-corrected chi connectivity index (χ0v) is 22.0. The quantitative estimate of drug-likeness (QED) is 0.543. The van der Waals surface area contributed by atoms with Crippen LogP contribution >= 0.6 is 0 Å². The molecule has 5 rings (SSSR count). The molecule has 39 heavy (non-hydrogen) atoms. The lowest BCUT2D eigenvalue weighted by atomic mass is 9.78. The van der Waals surface area contributed by atoms with Crippen molar-refractivity contribution in [1.29, 1.82) is 0 Å². The summed E-state index contributed by atoms with van der Waals surface area (Å²) in [4.78, 5) is 34.2. The molecule has 0 radical (unpaired) electrons. The van der Waals surface area contributed by atoms with Gasteiger partial charge < -0.3 is 29.3 Å². The number of hydrogen-bond donors (Lipinski definition) is 1. The molecule has 1 aliphatic carbocycles. The molecule has 12 heteroatoms. The average molecular weight is 553 g/mol. The number of nitrogens with one attached hydrogen (secondary N) is 1. The molecule has 1 aromatic rings. The van der Waals surface area contributed by atoms with Crippen LogP contribution < -0.4 is 5.32 Å². The largest absolute Gasteiger partial charge is 0.445 e. The van der Waals surface area contributed by atoms with Crippen molar-refractivity contribution < 1.29 is 37.0 Å². The molecule has 1 aromatic heterocycles. The van der Waals surface area contributed by atoms with Gasteiger partial charge in [0.05, 0.1) is 23.7 Å². The number of hydrogen-bond acceptors (Lipinski definition) is 7. The fourth-order valence-electron chi connectivity index (χ4n) is 6.70. The van der Waals surface area contributed by atoms with Crippen LogP contribution in [0.2, 0.25) is 0 Å². The minimum atomic E-state index is -4.51. The number of ether oxygens (including phenoxy) is 3. The number of amides is 2. The van der Waals surface area contributed by atoms with Crippen LogP contribution in [0.25, 0.3) is 0 Å². The third-order valence-electron chi connectivity index (χ3n) is 8.59. The van der Waals surface area contributed by atoms with Crippen molar-refractivity contribution in [3.8, 4) is 0 Å². The Hall–Kier alpha value is -2.70. The molecular formula is C27H35F3N4O5. The molecule has 0 spiro atoms. The molecule has 4 aliphatic rings. The molecule has 0 aromatic carbocycles. The number of carbonyl (C=O) groups is 2. The highest BCUT2D eigenvalue weighted by Gasteiger charge is 2.60. The van der Waals surface area contributed by atoms with E-state index in [1.807, 2.05) is 0 Å². The molecule has 0 bridgehead atoms. The van der Waals surface area contributed by atoms with E-state index in [9.17, 15) is 22.8 Å². The lowest BCUT2D eigenvalue weighted by Gasteiger charge is -2.37. The molecule has 1 N–H and O–H groups in total. The van der Waals surface area contributed by atoms with E-state index >= 15 is 0 Å². The number of rotatable bonds is 6. The first kappa shape index (κ1) is 27.9. The zero-order chi connectivity index (χ0) is 27.8. The topological polar surface area (TPSA) is 93.2 Å². The number of carbonyl (C=O) groups excluding carboxylic acids is 2. The molecule has 2 saturated heterocycles. The van der Waals surface area contributed by atoms with Crippen LogP contribution in [-0.4, -0.2) is 91.5 Å². The summed E-state index contributed by atoms with van der Waals surface area (Å²) < 4.78 is 56.4. The van der Waals surface area contributed by atoms with Gasteiger partial charge in [-0.05, 0) is 36.8 Å². The van der Waals surface area contributed by atoms with E-state index in [-0.39, 0.29) is 49.7 Å².